The molecule has 0 saturated heterocycles. The molecule has 29 heavy (non-hydrogen) atoms. The number of halogens is 2. The second kappa shape index (κ2) is 9.71. The van der Waals surface area contributed by atoms with E-state index in [-0.39, 0.29) is 29.4 Å². The molecule has 0 radical (unpaired) electrons. The highest BCUT2D eigenvalue weighted by Crippen LogP contribution is 2.49. The molecule has 0 unspecified atom stereocenters. The Morgan fingerprint density at radius 2 is 2.00 bits per heavy atom. The molecule has 1 heterocycles. The van der Waals surface area contributed by atoms with Crippen LogP contribution in [0, 0.1) is 0 Å². The summed E-state index contributed by atoms with van der Waals surface area (Å²) >= 11 is 3.69. The largest absolute Gasteiger partial charge is 0.356 e. The number of aliphatic imine (C=N–C) groups is 1. The van der Waals surface area contributed by atoms with Crippen LogP contribution >= 0.6 is 39.9 Å². The van der Waals surface area contributed by atoms with Gasteiger partial charge in [0, 0.05) is 35.6 Å². The van der Waals surface area contributed by atoms with Gasteiger partial charge in [-0.25, -0.2) is 4.98 Å². The number of hydrogen-bond acceptors (Lipinski definition) is 3. The van der Waals surface area contributed by atoms with Gasteiger partial charge in [-0.15, -0.1) is 24.0 Å². The maximum absolute atomic E-state index is 4.38. The van der Waals surface area contributed by atoms with Crippen molar-refractivity contribution in [3.05, 3.63) is 70.5 Å². The van der Waals surface area contributed by atoms with Crippen LogP contribution in [0.25, 0.3) is 11.4 Å². The zero-order chi connectivity index (χ0) is 19.4. The summed E-state index contributed by atoms with van der Waals surface area (Å²) in [5.74, 6) is 1.58. The zero-order valence-corrected chi connectivity index (χ0v) is 20.1. The van der Waals surface area contributed by atoms with E-state index in [1.165, 1.54) is 29.2 Å². The number of nitrogens with one attached hydrogen (secondary N) is 3. The van der Waals surface area contributed by atoms with Gasteiger partial charge < -0.3 is 10.6 Å². The van der Waals surface area contributed by atoms with Crippen molar-refractivity contribution in [2.45, 2.75) is 24.8 Å². The van der Waals surface area contributed by atoms with Gasteiger partial charge in [0.05, 0.1) is 0 Å². The highest BCUT2D eigenvalue weighted by Gasteiger charge is 2.45. The Hall–Kier alpha value is -1.94. The van der Waals surface area contributed by atoms with Gasteiger partial charge in [-0.3, -0.25) is 10.1 Å². The van der Waals surface area contributed by atoms with Crippen LogP contribution in [0.2, 0.25) is 0 Å². The summed E-state index contributed by atoms with van der Waals surface area (Å²) in [5, 5.41) is 13.7. The number of aromatic nitrogens is 3. The van der Waals surface area contributed by atoms with Crippen molar-refractivity contribution in [1.82, 2.24) is 25.8 Å². The molecule has 8 heteroatoms. The van der Waals surface area contributed by atoms with E-state index in [1.807, 2.05) is 12.1 Å². The van der Waals surface area contributed by atoms with Crippen molar-refractivity contribution in [3.63, 3.8) is 0 Å². The van der Waals surface area contributed by atoms with E-state index in [0.717, 1.165) is 29.5 Å². The quantitative estimate of drug-likeness (QED) is 0.237. The van der Waals surface area contributed by atoms with Crippen LogP contribution in [0.3, 0.4) is 0 Å². The summed E-state index contributed by atoms with van der Waals surface area (Å²) in [5.41, 5.74) is 3.75. The summed E-state index contributed by atoms with van der Waals surface area (Å²) in [6.45, 7) is 1.55. The number of aromatic amines is 1. The van der Waals surface area contributed by atoms with Crippen LogP contribution in [0.5, 0.6) is 0 Å². The summed E-state index contributed by atoms with van der Waals surface area (Å²) in [6.07, 6.45) is 3.91. The average molecular weight is 567 g/mol. The number of hydrogen-bond donors (Lipinski definition) is 3. The molecule has 1 aromatic heterocycles. The summed E-state index contributed by atoms with van der Waals surface area (Å²) < 4.78 is 1.18. The first-order valence-electron chi connectivity index (χ1n) is 9.34. The smallest absolute Gasteiger partial charge is 0.191 e. The Morgan fingerprint density at radius 1 is 1.17 bits per heavy atom. The molecule has 0 atom stereocenters. The van der Waals surface area contributed by atoms with Crippen molar-refractivity contribution in [2.24, 2.45) is 4.99 Å². The predicted molar refractivity (Wildman–Crippen MR) is 130 cm³/mol. The van der Waals surface area contributed by atoms with Crippen molar-refractivity contribution in [1.29, 1.82) is 0 Å². The number of H-pyrrole nitrogens is 1. The Balaban J connectivity index is 0.00000240. The fraction of sp³-hybridized carbons (Fsp3) is 0.286. The SMILES string of the molecule is CN=C(NCc1cccc(-c2ncn[nH]2)c1)NCC1(c2ccccc2Br)CC1.I. The molecular formula is C21H24BrIN6. The number of nitrogens with zero attached hydrogens (tertiary/aromatic N) is 3. The Kier molecular flexibility index (Phi) is 7.28. The van der Waals surface area contributed by atoms with E-state index in [1.54, 1.807) is 7.05 Å². The van der Waals surface area contributed by atoms with Crippen LogP contribution in [0.1, 0.15) is 24.0 Å². The normalized spacial score (nSPS) is 14.8. The lowest BCUT2D eigenvalue weighted by Crippen LogP contribution is -2.41. The molecular weight excluding hydrogens is 543 g/mol. The summed E-state index contributed by atoms with van der Waals surface area (Å²) in [7, 11) is 1.80. The van der Waals surface area contributed by atoms with Gasteiger partial charge in [-0.1, -0.05) is 52.3 Å². The lowest BCUT2D eigenvalue weighted by molar-refractivity contribution is 0.643. The second-order valence-corrected chi connectivity index (χ2v) is 7.93. The van der Waals surface area contributed by atoms with Gasteiger partial charge in [-0.2, -0.15) is 5.10 Å². The fourth-order valence-electron chi connectivity index (χ4n) is 3.42. The highest BCUT2D eigenvalue weighted by molar-refractivity contribution is 14.0. The molecule has 1 aliphatic carbocycles. The van der Waals surface area contributed by atoms with Crippen LogP contribution < -0.4 is 10.6 Å². The van der Waals surface area contributed by atoms with Crippen LogP contribution in [0.4, 0.5) is 0 Å². The first-order chi connectivity index (χ1) is 13.7. The zero-order valence-electron chi connectivity index (χ0n) is 16.2. The van der Waals surface area contributed by atoms with Crippen LogP contribution in [0.15, 0.2) is 64.3 Å². The Bertz CT molecular complexity index is 969. The van der Waals surface area contributed by atoms with Crippen LogP contribution in [-0.4, -0.2) is 34.7 Å². The number of guanidine groups is 1. The molecule has 3 aromatic rings. The van der Waals surface area contributed by atoms with Gasteiger partial charge in [-0.05, 0) is 36.1 Å². The van der Waals surface area contributed by atoms with E-state index in [2.05, 4.69) is 83.1 Å². The first-order valence-corrected chi connectivity index (χ1v) is 10.1. The van der Waals surface area contributed by atoms with Crippen molar-refractivity contribution >= 4 is 45.9 Å². The molecule has 0 amide bonds. The van der Waals surface area contributed by atoms with E-state index in [9.17, 15) is 0 Å². The topological polar surface area (TPSA) is 78.0 Å². The maximum atomic E-state index is 4.38. The third kappa shape index (κ3) is 5.16. The predicted octanol–water partition coefficient (Wildman–Crippen LogP) is 4.25. The first kappa shape index (κ1) is 21.8. The van der Waals surface area contributed by atoms with Gasteiger partial charge in [0.25, 0.3) is 0 Å². The van der Waals surface area contributed by atoms with Gasteiger partial charge in [0.2, 0.25) is 0 Å². The van der Waals surface area contributed by atoms with E-state index in [0.29, 0.717) is 6.54 Å². The molecule has 1 fully saturated rings. The van der Waals surface area contributed by atoms with Crippen molar-refractivity contribution < 1.29 is 0 Å². The van der Waals surface area contributed by atoms with Gasteiger partial charge in [0.15, 0.2) is 11.8 Å². The molecule has 0 spiro atoms. The van der Waals surface area contributed by atoms with Crippen LogP contribution in [-0.2, 0) is 12.0 Å². The highest BCUT2D eigenvalue weighted by atomic mass is 127. The number of rotatable bonds is 6. The fourth-order valence-corrected chi connectivity index (χ4v) is 4.12. The average Bonchev–Trinajstić information content (AvgIpc) is 3.30. The van der Waals surface area contributed by atoms with Crippen molar-refractivity contribution in [3.8, 4) is 11.4 Å². The molecule has 0 bridgehead atoms. The van der Waals surface area contributed by atoms with Crippen molar-refractivity contribution in [2.75, 3.05) is 13.6 Å². The summed E-state index contributed by atoms with van der Waals surface area (Å²) in [4.78, 5) is 8.59. The van der Waals surface area contributed by atoms with E-state index in [4.69, 9.17) is 0 Å². The lowest BCUT2D eigenvalue weighted by atomic mass is 9.96. The Labute approximate surface area is 196 Å². The molecule has 6 nitrogen and oxygen atoms in total. The Morgan fingerprint density at radius 3 is 2.69 bits per heavy atom. The minimum absolute atomic E-state index is 0. The third-order valence-electron chi connectivity index (χ3n) is 5.19. The monoisotopic (exact) mass is 566 g/mol. The molecule has 1 aliphatic rings. The van der Waals surface area contributed by atoms with E-state index >= 15 is 0 Å². The minimum atomic E-state index is 0. The standard InChI is InChI=1S/C21H23BrN6.HI/c1-23-20(25-13-21(9-10-21)17-7-2-3-8-18(17)22)24-12-15-5-4-6-16(11-15)19-26-14-27-28-19;/h2-8,11,14H,9-10,12-13H2,1H3,(H2,23,24,25)(H,26,27,28);1H. The van der Waals surface area contributed by atoms with E-state index < -0.39 is 0 Å². The van der Waals surface area contributed by atoms with Gasteiger partial charge >= 0.3 is 0 Å². The summed E-state index contributed by atoms with van der Waals surface area (Å²) in [6, 6.07) is 16.7. The molecule has 0 aliphatic heterocycles. The molecule has 1 saturated carbocycles. The molecule has 4 rings (SSSR count). The second-order valence-electron chi connectivity index (χ2n) is 7.07. The molecule has 3 N–H and O–H groups in total. The molecule has 152 valence electrons. The molecule has 2 aromatic carbocycles. The third-order valence-corrected chi connectivity index (χ3v) is 5.88. The number of benzene rings is 2. The maximum Gasteiger partial charge on any atom is 0.191 e. The lowest BCUT2D eigenvalue weighted by Gasteiger charge is -2.20. The minimum Gasteiger partial charge on any atom is -0.356 e. The van der Waals surface area contributed by atoms with Gasteiger partial charge in [0.1, 0.15) is 6.33 Å².